The first-order valence-corrected chi connectivity index (χ1v) is 8.87. The average molecular weight is 333 g/mol. The Hall–Kier alpha value is -1.66. The Morgan fingerprint density at radius 2 is 2.04 bits per heavy atom. The fourth-order valence-electron chi connectivity index (χ4n) is 3.62. The van der Waals surface area contributed by atoms with E-state index in [-0.39, 0.29) is 11.5 Å². The summed E-state index contributed by atoms with van der Waals surface area (Å²) in [5.41, 5.74) is 1.15. The molecule has 2 aliphatic heterocycles. The van der Waals surface area contributed by atoms with Gasteiger partial charge in [0.05, 0.1) is 13.2 Å². The molecule has 0 radical (unpaired) electrons. The molecule has 2 fully saturated rings. The molecule has 2 saturated heterocycles. The maximum atomic E-state index is 12.8. The number of pyridine rings is 1. The summed E-state index contributed by atoms with van der Waals surface area (Å²) < 4.78 is 5.40. The fraction of sp³-hybridized carbons (Fsp3) is 0.667. The predicted octanol–water partition coefficient (Wildman–Crippen LogP) is 1.12. The van der Waals surface area contributed by atoms with E-state index in [1.807, 2.05) is 11.0 Å². The van der Waals surface area contributed by atoms with Gasteiger partial charge in [-0.15, -0.1) is 0 Å². The molecule has 3 heterocycles. The number of amides is 1. The van der Waals surface area contributed by atoms with Crippen molar-refractivity contribution in [3.8, 4) is 0 Å². The lowest BCUT2D eigenvalue weighted by Crippen LogP contribution is -2.45. The number of nitrogens with one attached hydrogen (secondary N) is 1. The largest absolute Gasteiger partial charge is 0.379 e. The standard InChI is InChI=1S/C18H27N3O3/c1-13(2)9-15-10-14(11-17(22)19-15)18(23)21-4-3-16(12-21)20-5-7-24-8-6-20/h10-11,13,16H,3-9,12H2,1-2H3,(H,19,22). The van der Waals surface area contributed by atoms with Gasteiger partial charge in [0, 0.05) is 49.5 Å². The van der Waals surface area contributed by atoms with Crippen molar-refractivity contribution < 1.29 is 9.53 Å². The summed E-state index contributed by atoms with van der Waals surface area (Å²) >= 11 is 0. The second-order valence-electron chi connectivity index (χ2n) is 7.20. The normalized spacial score (nSPS) is 22.3. The number of morpholine rings is 1. The SMILES string of the molecule is CC(C)Cc1cc(C(=O)N2CCC(N3CCOCC3)C2)cc(=O)[nH]1. The van der Waals surface area contributed by atoms with E-state index in [1.165, 1.54) is 6.07 Å². The Kier molecular flexibility index (Phi) is 5.36. The van der Waals surface area contributed by atoms with Crippen LogP contribution in [0.5, 0.6) is 0 Å². The predicted molar refractivity (Wildman–Crippen MR) is 92.3 cm³/mol. The highest BCUT2D eigenvalue weighted by molar-refractivity contribution is 5.94. The minimum absolute atomic E-state index is 0.0261. The summed E-state index contributed by atoms with van der Waals surface area (Å²) in [6.07, 6.45) is 1.76. The van der Waals surface area contributed by atoms with Crippen LogP contribution in [-0.2, 0) is 11.2 Å². The van der Waals surface area contributed by atoms with Crippen molar-refractivity contribution in [2.75, 3.05) is 39.4 Å². The summed E-state index contributed by atoms with van der Waals surface area (Å²) in [5.74, 6) is 0.408. The van der Waals surface area contributed by atoms with Gasteiger partial charge in [0.2, 0.25) is 5.56 Å². The van der Waals surface area contributed by atoms with Gasteiger partial charge < -0.3 is 14.6 Å². The number of carbonyl (C=O) groups is 1. The minimum Gasteiger partial charge on any atom is -0.379 e. The smallest absolute Gasteiger partial charge is 0.254 e. The van der Waals surface area contributed by atoms with Crippen LogP contribution >= 0.6 is 0 Å². The highest BCUT2D eigenvalue weighted by Crippen LogP contribution is 2.19. The van der Waals surface area contributed by atoms with Crippen LogP contribution in [0.1, 0.15) is 36.3 Å². The molecule has 1 atom stereocenters. The van der Waals surface area contributed by atoms with E-state index >= 15 is 0 Å². The van der Waals surface area contributed by atoms with Crippen LogP contribution in [0.25, 0.3) is 0 Å². The molecule has 0 bridgehead atoms. The van der Waals surface area contributed by atoms with Gasteiger partial charge in [0.1, 0.15) is 0 Å². The van der Waals surface area contributed by atoms with E-state index in [9.17, 15) is 9.59 Å². The van der Waals surface area contributed by atoms with Gasteiger partial charge in [0.15, 0.2) is 0 Å². The first kappa shape index (κ1) is 17.2. The van der Waals surface area contributed by atoms with Crippen LogP contribution < -0.4 is 5.56 Å². The number of aromatic amines is 1. The third-order valence-electron chi connectivity index (χ3n) is 4.79. The molecule has 1 amide bonds. The molecule has 1 unspecified atom stereocenters. The van der Waals surface area contributed by atoms with Crippen LogP contribution in [0.4, 0.5) is 0 Å². The van der Waals surface area contributed by atoms with Gasteiger partial charge in [-0.1, -0.05) is 13.8 Å². The number of hydrogen-bond acceptors (Lipinski definition) is 4. The summed E-state index contributed by atoms with van der Waals surface area (Å²) in [5, 5.41) is 0. The summed E-state index contributed by atoms with van der Waals surface area (Å²) in [6.45, 7) is 9.12. The topological polar surface area (TPSA) is 65.6 Å². The molecule has 132 valence electrons. The Morgan fingerprint density at radius 3 is 2.75 bits per heavy atom. The monoisotopic (exact) mass is 333 g/mol. The molecule has 0 aromatic carbocycles. The third-order valence-corrected chi connectivity index (χ3v) is 4.79. The van der Waals surface area contributed by atoms with Crippen LogP contribution in [0.15, 0.2) is 16.9 Å². The van der Waals surface area contributed by atoms with Crippen molar-refractivity contribution in [1.29, 1.82) is 0 Å². The van der Waals surface area contributed by atoms with Crippen LogP contribution in [-0.4, -0.2) is 66.1 Å². The van der Waals surface area contributed by atoms with Crippen molar-refractivity contribution in [3.63, 3.8) is 0 Å². The van der Waals surface area contributed by atoms with Crippen molar-refractivity contribution in [3.05, 3.63) is 33.7 Å². The molecule has 0 saturated carbocycles. The first-order valence-electron chi connectivity index (χ1n) is 8.87. The lowest BCUT2D eigenvalue weighted by Gasteiger charge is -2.32. The lowest BCUT2D eigenvalue weighted by atomic mass is 10.1. The number of rotatable bonds is 4. The first-order chi connectivity index (χ1) is 11.5. The molecule has 1 aromatic heterocycles. The van der Waals surface area contributed by atoms with Crippen molar-refractivity contribution in [2.24, 2.45) is 5.92 Å². The number of ether oxygens (including phenoxy) is 1. The van der Waals surface area contributed by atoms with Crippen LogP contribution in [0, 0.1) is 5.92 Å². The zero-order valence-corrected chi connectivity index (χ0v) is 14.6. The summed E-state index contributed by atoms with van der Waals surface area (Å²) in [4.78, 5) is 31.8. The van der Waals surface area contributed by atoms with Crippen molar-refractivity contribution in [2.45, 2.75) is 32.7 Å². The van der Waals surface area contributed by atoms with Gasteiger partial charge in [-0.05, 0) is 24.8 Å². The van der Waals surface area contributed by atoms with E-state index < -0.39 is 0 Å². The van der Waals surface area contributed by atoms with Crippen LogP contribution in [0.2, 0.25) is 0 Å². The zero-order valence-electron chi connectivity index (χ0n) is 14.6. The van der Waals surface area contributed by atoms with Crippen molar-refractivity contribution >= 4 is 5.91 Å². The molecule has 1 aromatic rings. The third kappa shape index (κ3) is 4.05. The number of H-pyrrole nitrogens is 1. The highest BCUT2D eigenvalue weighted by Gasteiger charge is 2.31. The van der Waals surface area contributed by atoms with E-state index in [2.05, 4.69) is 23.7 Å². The fourth-order valence-corrected chi connectivity index (χ4v) is 3.62. The van der Waals surface area contributed by atoms with Gasteiger partial charge in [-0.25, -0.2) is 0 Å². The second kappa shape index (κ2) is 7.49. The zero-order chi connectivity index (χ0) is 17.1. The van der Waals surface area contributed by atoms with Crippen molar-refractivity contribution in [1.82, 2.24) is 14.8 Å². The minimum atomic E-state index is -0.194. The number of aromatic nitrogens is 1. The van der Waals surface area contributed by atoms with E-state index in [0.717, 1.165) is 57.9 Å². The lowest BCUT2D eigenvalue weighted by molar-refractivity contribution is 0.0185. The molecular formula is C18H27N3O3. The summed E-state index contributed by atoms with van der Waals surface area (Å²) in [6, 6.07) is 3.68. The molecule has 2 aliphatic rings. The number of hydrogen-bond donors (Lipinski definition) is 1. The molecule has 6 heteroatoms. The van der Waals surface area contributed by atoms with Gasteiger partial charge in [-0.3, -0.25) is 14.5 Å². The van der Waals surface area contributed by atoms with E-state index in [4.69, 9.17) is 4.74 Å². The summed E-state index contributed by atoms with van der Waals surface area (Å²) in [7, 11) is 0. The number of nitrogens with zero attached hydrogens (tertiary/aromatic N) is 2. The van der Waals surface area contributed by atoms with E-state index in [0.29, 0.717) is 17.5 Å². The quantitative estimate of drug-likeness (QED) is 0.897. The number of carbonyl (C=O) groups excluding carboxylic acids is 1. The average Bonchev–Trinajstić information content (AvgIpc) is 3.03. The van der Waals surface area contributed by atoms with E-state index in [1.54, 1.807) is 0 Å². The molecular weight excluding hydrogens is 306 g/mol. The number of likely N-dealkylation sites (tertiary alicyclic amines) is 1. The van der Waals surface area contributed by atoms with Gasteiger partial charge >= 0.3 is 0 Å². The Balaban J connectivity index is 1.68. The Labute approximate surface area is 142 Å². The second-order valence-corrected chi connectivity index (χ2v) is 7.20. The molecule has 0 spiro atoms. The van der Waals surface area contributed by atoms with Gasteiger partial charge in [0.25, 0.3) is 5.91 Å². The molecule has 3 rings (SSSR count). The van der Waals surface area contributed by atoms with Crippen LogP contribution in [0.3, 0.4) is 0 Å². The maximum absolute atomic E-state index is 12.8. The van der Waals surface area contributed by atoms with Gasteiger partial charge in [-0.2, -0.15) is 0 Å². The molecule has 6 nitrogen and oxygen atoms in total. The Bertz CT molecular complexity index is 635. The molecule has 1 N–H and O–H groups in total. The highest BCUT2D eigenvalue weighted by atomic mass is 16.5. The maximum Gasteiger partial charge on any atom is 0.254 e. The Morgan fingerprint density at radius 1 is 1.29 bits per heavy atom. The molecule has 0 aliphatic carbocycles. The molecule has 24 heavy (non-hydrogen) atoms.